The molecule has 0 saturated carbocycles. The number of benzene rings is 1. The van der Waals surface area contributed by atoms with E-state index >= 15 is 0 Å². The van der Waals surface area contributed by atoms with E-state index in [-0.39, 0.29) is 19.6 Å². The highest BCUT2D eigenvalue weighted by Gasteiger charge is 2.10. The average molecular weight is 288 g/mol. The molecule has 110 valence electrons. The topological polar surface area (TPSA) is 113 Å². The van der Waals surface area contributed by atoms with Crippen LogP contribution in [0.15, 0.2) is 46.1 Å². The van der Waals surface area contributed by atoms with Crippen LogP contribution in [0.1, 0.15) is 15.9 Å². The minimum absolute atomic E-state index is 0.149. The van der Waals surface area contributed by atoms with E-state index in [2.05, 4.69) is 0 Å². The van der Waals surface area contributed by atoms with Crippen LogP contribution in [-0.2, 0) is 13.1 Å². The third-order valence-corrected chi connectivity index (χ3v) is 3.12. The highest BCUT2D eigenvalue weighted by Crippen LogP contribution is 2.08. The molecule has 0 fully saturated rings. The summed E-state index contributed by atoms with van der Waals surface area (Å²) in [6, 6.07) is 8.05. The molecule has 0 aliphatic heterocycles. The molecule has 0 aliphatic rings. The molecule has 7 heteroatoms. The largest absolute Gasteiger partial charge is 0.366 e. The van der Waals surface area contributed by atoms with Crippen LogP contribution < -0.4 is 22.7 Å². The molecular weight excluding hydrogens is 272 g/mol. The zero-order valence-corrected chi connectivity index (χ0v) is 11.4. The lowest BCUT2D eigenvalue weighted by molar-refractivity contribution is 0.0999. The first-order chi connectivity index (χ1) is 10.0. The summed E-state index contributed by atoms with van der Waals surface area (Å²) in [5.41, 5.74) is 10.8. The summed E-state index contributed by atoms with van der Waals surface area (Å²) in [6.45, 7) is 0.496. The first-order valence-electron chi connectivity index (χ1n) is 6.42. The van der Waals surface area contributed by atoms with Crippen LogP contribution in [0.2, 0.25) is 0 Å². The molecule has 0 aliphatic carbocycles. The third kappa shape index (κ3) is 3.09. The lowest BCUT2D eigenvalue weighted by Crippen LogP contribution is -2.40. The van der Waals surface area contributed by atoms with Gasteiger partial charge in [0.1, 0.15) is 0 Å². The van der Waals surface area contributed by atoms with E-state index in [1.165, 1.54) is 16.8 Å². The fourth-order valence-corrected chi connectivity index (χ4v) is 2.09. The highest BCUT2D eigenvalue weighted by molar-refractivity contribution is 5.94. The fourth-order valence-electron chi connectivity index (χ4n) is 2.09. The van der Waals surface area contributed by atoms with Crippen molar-refractivity contribution >= 4 is 5.91 Å². The molecule has 1 aromatic carbocycles. The average Bonchev–Trinajstić information content (AvgIpc) is 2.47. The summed E-state index contributed by atoms with van der Waals surface area (Å²) in [6.07, 6.45) is 1.40. The monoisotopic (exact) mass is 288 g/mol. The Bertz CT molecular complexity index is 776. The predicted octanol–water partition coefficient (Wildman–Crippen LogP) is -0.884. The molecule has 7 nitrogen and oxygen atoms in total. The van der Waals surface area contributed by atoms with Crippen molar-refractivity contribution in [3.05, 3.63) is 68.5 Å². The number of aromatic nitrogens is 2. The second-order valence-corrected chi connectivity index (χ2v) is 4.53. The maximum absolute atomic E-state index is 12.2. The summed E-state index contributed by atoms with van der Waals surface area (Å²) in [4.78, 5) is 35.2. The van der Waals surface area contributed by atoms with Crippen LogP contribution in [0, 0.1) is 0 Å². The molecule has 4 N–H and O–H groups in total. The van der Waals surface area contributed by atoms with E-state index < -0.39 is 17.2 Å². The van der Waals surface area contributed by atoms with E-state index in [0.29, 0.717) is 11.1 Å². The van der Waals surface area contributed by atoms with Crippen molar-refractivity contribution in [3.8, 4) is 0 Å². The number of primary amides is 1. The maximum Gasteiger partial charge on any atom is 0.331 e. The van der Waals surface area contributed by atoms with E-state index in [0.717, 1.165) is 4.57 Å². The van der Waals surface area contributed by atoms with Gasteiger partial charge in [-0.05, 0) is 11.6 Å². The summed E-state index contributed by atoms with van der Waals surface area (Å²) >= 11 is 0. The molecule has 0 bridgehead atoms. The number of rotatable bonds is 5. The van der Waals surface area contributed by atoms with Gasteiger partial charge in [-0.3, -0.25) is 18.7 Å². The molecule has 21 heavy (non-hydrogen) atoms. The van der Waals surface area contributed by atoms with Gasteiger partial charge in [-0.1, -0.05) is 18.2 Å². The van der Waals surface area contributed by atoms with Crippen molar-refractivity contribution in [1.29, 1.82) is 0 Å². The van der Waals surface area contributed by atoms with Gasteiger partial charge in [0, 0.05) is 30.9 Å². The van der Waals surface area contributed by atoms with Gasteiger partial charge in [0.2, 0.25) is 5.91 Å². The summed E-state index contributed by atoms with van der Waals surface area (Å²) in [5.74, 6) is -0.561. The van der Waals surface area contributed by atoms with E-state index in [9.17, 15) is 14.4 Å². The van der Waals surface area contributed by atoms with Gasteiger partial charge in [-0.15, -0.1) is 0 Å². The highest BCUT2D eigenvalue weighted by atomic mass is 16.2. The lowest BCUT2D eigenvalue weighted by atomic mass is 10.1. The number of amides is 1. The zero-order chi connectivity index (χ0) is 15.4. The summed E-state index contributed by atoms with van der Waals surface area (Å²) < 4.78 is 2.41. The van der Waals surface area contributed by atoms with E-state index in [4.69, 9.17) is 11.5 Å². The van der Waals surface area contributed by atoms with Crippen LogP contribution in [0.3, 0.4) is 0 Å². The fraction of sp³-hybridized carbons (Fsp3) is 0.214. The Morgan fingerprint density at radius 2 is 1.86 bits per heavy atom. The molecule has 2 aromatic rings. The molecular formula is C14H16N4O3. The number of nitrogens with two attached hydrogens (primary N) is 2. The van der Waals surface area contributed by atoms with Crippen LogP contribution in [0.25, 0.3) is 0 Å². The van der Waals surface area contributed by atoms with Crippen LogP contribution >= 0.6 is 0 Å². The Kier molecular flexibility index (Phi) is 4.34. The normalized spacial score (nSPS) is 10.5. The Morgan fingerprint density at radius 3 is 2.52 bits per heavy atom. The molecule has 0 radical (unpaired) electrons. The first kappa shape index (κ1) is 14.7. The number of carbonyl (C=O) groups excluding carboxylic acids is 1. The van der Waals surface area contributed by atoms with Gasteiger partial charge in [-0.25, -0.2) is 4.79 Å². The standard InChI is InChI=1S/C14H16N4O3/c15-6-8-18-12(19)5-7-17(14(18)21)9-10-3-1-2-4-11(10)13(16)20/h1-5,7H,6,8-9,15H2,(H2,16,20). The SMILES string of the molecule is NCCn1c(=O)ccn(Cc2ccccc2C(N)=O)c1=O. The number of hydrogen-bond donors (Lipinski definition) is 2. The van der Waals surface area contributed by atoms with Crippen LogP contribution in [0.4, 0.5) is 0 Å². The van der Waals surface area contributed by atoms with Crippen molar-refractivity contribution in [2.24, 2.45) is 11.5 Å². The molecule has 1 aromatic heterocycles. The Balaban J connectivity index is 2.46. The second kappa shape index (κ2) is 6.19. The smallest absolute Gasteiger partial charge is 0.331 e. The molecule has 1 amide bonds. The second-order valence-electron chi connectivity index (χ2n) is 4.53. The van der Waals surface area contributed by atoms with E-state index in [1.807, 2.05) is 0 Å². The molecule has 0 atom stereocenters. The third-order valence-electron chi connectivity index (χ3n) is 3.12. The van der Waals surface area contributed by atoms with Gasteiger partial charge < -0.3 is 11.5 Å². The molecule has 0 spiro atoms. The van der Waals surface area contributed by atoms with Crippen molar-refractivity contribution in [2.75, 3.05) is 6.54 Å². The Morgan fingerprint density at radius 1 is 1.14 bits per heavy atom. The van der Waals surface area contributed by atoms with Gasteiger partial charge in [0.15, 0.2) is 0 Å². The maximum atomic E-state index is 12.2. The Hall–Kier alpha value is -2.67. The first-order valence-corrected chi connectivity index (χ1v) is 6.42. The quantitative estimate of drug-likeness (QED) is 0.743. The zero-order valence-electron chi connectivity index (χ0n) is 11.4. The van der Waals surface area contributed by atoms with Crippen molar-refractivity contribution in [3.63, 3.8) is 0 Å². The Labute approximate surface area is 120 Å². The number of nitrogens with zero attached hydrogens (tertiary/aromatic N) is 2. The number of hydrogen-bond acceptors (Lipinski definition) is 4. The minimum atomic E-state index is -0.561. The van der Waals surface area contributed by atoms with Gasteiger partial charge in [0.25, 0.3) is 5.56 Å². The summed E-state index contributed by atoms with van der Waals surface area (Å²) in [7, 11) is 0. The molecule has 0 saturated heterocycles. The van der Waals surface area contributed by atoms with Crippen molar-refractivity contribution < 1.29 is 4.79 Å². The van der Waals surface area contributed by atoms with Gasteiger partial charge in [0.05, 0.1) is 6.54 Å². The molecule has 2 rings (SSSR count). The van der Waals surface area contributed by atoms with Gasteiger partial charge >= 0.3 is 5.69 Å². The summed E-state index contributed by atoms with van der Waals surface area (Å²) in [5, 5.41) is 0. The molecule has 0 unspecified atom stereocenters. The van der Waals surface area contributed by atoms with Gasteiger partial charge in [-0.2, -0.15) is 0 Å². The van der Waals surface area contributed by atoms with Crippen molar-refractivity contribution in [1.82, 2.24) is 9.13 Å². The van der Waals surface area contributed by atoms with Crippen LogP contribution in [-0.4, -0.2) is 21.6 Å². The molecule has 1 heterocycles. The number of carbonyl (C=O) groups is 1. The van der Waals surface area contributed by atoms with E-state index in [1.54, 1.807) is 24.3 Å². The van der Waals surface area contributed by atoms with Crippen molar-refractivity contribution in [2.45, 2.75) is 13.1 Å². The minimum Gasteiger partial charge on any atom is -0.366 e. The van der Waals surface area contributed by atoms with Crippen LogP contribution in [0.5, 0.6) is 0 Å². The lowest BCUT2D eigenvalue weighted by Gasteiger charge is -2.11. The predicted molar refractivity (Wildman–Crippen MR) is 78.1 cm³/mol.